The average molecular weight is 678 g/mol. The maximum atomic E-state index is 13.1. The number of carbonyl (C=O) groups excluding carboxylic acids is 2. The Balaban J connectivity index is 1.35. The molecule has 0 amide bonds. The number of hydrogen-bond donors (Lipinski definition) is 0. The fourth-order valence-corrected chi connectivity index (χ4v) is 7.58. The number of ether oxygens (including phenoxy) is 2. The average Bonchev–Trinajstić information content (AvgIpc) is 3.53. The molecule has 0 unspecified atom stereocenters. The highest BCUT2D eigenvalue weighted by molar-refractivity contribution is 9.10. The quantitative estimate of drug-likeness (QED) is 0.108. The van der Waals surface area contributed by atoms with E-state index in [4.69, 9.17) is 44.3 Å². The maximum absolute atomic E-state index is 13.1. The summed E-state index contributed by atoms with van der Waals surface area (Å²) in [6.45, 7) is 1.99. The fourth-order valence-electron chi connectivity index (χ4n) is 4.01. The molecule has 1 aliphatic heterocycles. The summed E-state index contributed by atoms with van der Waals surface area (Å²) in [5, 5.41) is 2.88. The zero-order valence-corrected chi connectivity index (χ0v) is 25.2. The van der Waals surface area contributed by atoms with Crippen molar-refractivity contribution in [2.45, 2.75) is 6.92 Å². The molecule has 0 atom stereocenters. The largest absolute Gasteiger partial charge is 0.422 e. The van der Waals surface area contributed by atoms with Gasteiger partial charge in [0, 0.05) is 35.2 Å². The number of hydrogen-bond acceptors (Lipinski definition) is 7. The van der Waals surface area contributed by atoms with Gasteiger partial charge in [0.25, 0.3) is 0 Å². The van der Waals surface area contributed by atoms with Gasteiger partial charge in [0.1, 0.15) is 15.5 Å². The summed E-state index contributed by atoms with van der Waals surface area (Å²) >= 11 is 25.2. The van der Waals surface area contributed by atoms with Crippen molar-refractivity contribution >= 4 is 117 Å². The number of carbonyl (C=O) groups is 2. The van der Waals surface area contributed by atoms with Crippen molar-refractivity contribution in [1.29, 1.82) is 0 Å². The third kappa shape index (κ3) is 5.01. The minimum Gasteiger partial charge on any atom is -0.422 e. The van der Waals surface area contributed by atoms with Crippen LogP contribution in [-0.2, 0) is 9.53 Å². The molecule has 5 nitrogen and oxygen atoms in total. The van der Waals surface area contributed by atoms with Crippen LogP contribution in [-0.4, -0.2) is 17.8 Å². The fraction of sp³-hybridized carbons (Fsp3) is 0.0357. The number of thiophene rings is 2. The number of rotatable bonds is 4. The molecule has 0 fully saturated rings. The molecule has 0 radical (unpaired) electrons. The van der Waals surface area contributed by atoms with Crippen LogP contribution in [0.1, 0.15) is 25.7 Å². The van der Waals surface area contributed by atoms with E-state index >= 15 is 0 Å². The van der Waals surface area contributed by atoms with E-state index in [2.05, 4.69) is 20.9 Å². The molecule has 6 rings (SSSR count). The zero-order valence-electron chi connectivity index (χ0n) is 19.7. The Hall–Kier alpha value is -2.72. The SMILES string of the molecule is Cc1ccc2c(Cl)c(C3=N/C(=C/c4cc(Br)ccc4OC(=O)c4sc5cc(Cl)ccc5c4Cl)C(=O)O3)sc2c1. The molecular formula is C28H13BrCl3NO4S2. The molecule has 5 aromatic rings. The predicted octanol–water partition coefficient (Wildman–Crippen LogP) is 9.71. The van der Waals surface area contributed by atoms with Crippen LogP contribution in [0.2, 0.25) is 15.1 Å². The Kier molecular flexibility index (Phi) is 7.03. The van der Waals surface area contributed by atoms with E-state index in [1.807, 2.05) is 25.1 Å². The lowest BCUT2D eigenvalue weighted by atomic mass is 10.1. The standard InChI is InChI=1S/C28H13BrCl3NO4S2/c1-12-2-5-16-20(8-12)38-24(22(16)31)26-33-18(27(34)37-26)10-13-9-14(29)3-7-19(13)36-28(35)25-23(32)17-6-4-15(30)11-21(17)39-25/h2-11H,1H3/b18-10+. The van der Waals surface area contributed by atoms with E-state index in [0.29, 0.717) is 30.3 Å². The third-order valence-corrected chi connectivity index (χ3v) is 9.85. The molecular weight excluding hydrogens is 665 g/mol. The second-order valence-electron chi connectivity index (χ2n) is 8.54. The van der Waals surface area contributed by atoms with Gasteiger partial charge >= 0.3 is 11.9 Å². The molecule has 0 aliphatic carbocycles. The normalized spacial score (nSPS) is 14.3. The van der Waals surface area contributed by atoms with E-state index in [1.165, 1.54) is 28.7 Å². The van der Waals surface area contributed by atoms with Gasteiger partial charge in [0.15, 0.2) is 5.70 Å². The van der Waals surface area contributed by atoms with Gasteiger partial charge < -0.3 is 9.47 Å². The zero-order chi connectivity index (χ0) is 27.4. The number of esters is 2. The Morgan fingerprint density at radius 3 is 2.54 bits per heavy atom. The molecule has 0 spiro atoms. The number of benzene rings is 3. The minimum atomic E-state index is -0.642. The molecule has 1 aliphatic rings. The highest BCUT2D eigenvalue weighted by atomic mass is 79.9. The summed E-state index contributed by atoms with van der Waals surface area (Å²) in [4.78, 5) is 31.1. The Bertz CT molecular complexity index is 1930. The van der Waals surface area contributed by atoms with Crippen LogP contribution in [0, 0.1) is 6.92 Å². The molecule has 2 aromatic heterocycles. The van der Waals surface area contributed by atoms with E-state index in [9.17, 15) is 9.59 Å². The van der Waals surface area contributed by atoms with Crippen LogP contribution >= 0.6 is 73.4 Å². The van der Waals surface area contributed by atoms with E-state index in [-0.39, 0.29) is 27.2 Å². The first-order valence-corrected chi connectivity index (χ1v) is 14.8. The molecule has 39 heavy (non-hydrogen) atoms. The first kappa shape index (κ1) is 26.5. The first-order valence-electron chi connectivity index (χ1n) is 11.3. The molecule has 0 N–H and O–H groups in total. The highest BCUT2D eigenvalue weighted by Gasteiger charge is 2.29. The van der Waals surface area contributed by atoms with Crippen molar-refractivity contribution in [3.63, 3.8) is 0 Å². The summed E-state index contributed by atoms with van der Waals surface area (Å²) in [6, 6.07) is 16.2. The number of aliphatic imine (C=N–C) groups is 1. The molecule has 3 heterocycles. The lowest BCUT2D eigenvalue weighted by Crippen LogP contribution is -2.08. The van der Waals surface area contributed by atoms with Crippen molar-refractivity contribution in [3.05, 3.63) is 101 Å². The molecule has 3 aromatic carbocycles. The number of fused-ring (bicyclic) bond motifs is 2. The molecule has 0 saturated carbocycles. The summed E-state index contributed by atoms with van der Waals surface area (Å²) in [7, 11) is 0. The Morgan fingerprint density at radius 1 is 0.974 bits per heavy atom. The van der Waals surface area contributed by atoms with Crippen LogP contribution in [0.15, 0.2) is 69.8 Å². The Labute approximate surface area is 253 Å². The van der Waals surface area contributed by atoms with Gasteiger partial charge in [-0.05, 0) is 55.0 Å². The molecule has 11 heteroatoms. The van der Waals surface area contributed by atoms with Gasteiger partial charge in [-0.25, -0.2) is 14.6 Å². The van der Waals surface area contributed by atoms with Crippen molar-refractivity contribution < 1.29 is 19.1 Å². The van der Waals surface area contributed by atoms with E-state index < -0.39 is 11.9 Å². The van der Waals surface area contributed by atoms with Crippen LogP contribution in [0.4, 0.5) is 0 Å². The van der Waals surface area contributed by atoms with Gasteiger partial charge in [-0.15, -0.1) is 22.7 Å². The van der Waals surface area contributed by atoms with Crippen LogP contribution in [0.25, 0.3) is 26.2 Å². The first-order chi connectivity index (χ1) is 18.7. The van der Waals surface area contributed by atoms with Crippen molar-refractivity contribution in [3.8, 4) is 5.75 Å². The summed E-state index contributed by atoms with van der Waals surface area (Å²) in [5.74, 6) is -0.936. The van der Waals surface area contributed by atoms with Crippen molar-refractivity contribution in [1.82, 2.24) is 0 Å². The van der Waals surface area contributed by atoms with Crippen molar-refractivity contribution in [2.75, 3.05) is 0 Å². The van der Waals surface area contributed by atoms with Crippen LogP contribution in [0.5, 0.6) is 5.75 Å². The highest BCUT2D eigenvalue weighted by Crippen LogP contribution is 2.40. The van der Waals surface area contributed by atoms with Gasteiger partial charge in [-0.1, -0.05) is 68.9 Å². The number of cyclic esters (lactones) is 1. The topological polar surface area (TPSA) is 65.0 Å². The van der Waals surface area contributed by atoms with Gasteiger partial charge in [-0.3, -0.25) is 0 Å². The number of halogens is 4. The molecule has 0 saturated heterocycles. The van der Waals surface area contributed by atoms with Gasteiger partial charge in [0.05, 0.1) is 10.0 Å². The second kappa shape index (κ2) is 10.4. The third-order valence-electron chi connectivity index (χ3n) is 5.84. The van der Waals surface area contributed by atoms with Gasteiger partial charge in [0.2, 0.25) is 5.90 Å². The summed E-state index contributed by atoms with van der Waals surface area (Å²) in [5.41, 5.74) is 1.57. The lowest BCUT2D eigenvalue weighted by molar-refractivity contribution is -0.129. The predicted molar refractivity (Wildman–Crippen MR) is 163 cm³/mol. The number of aryl methyl sites for hydroxylation is 1. The number of nitrogens with zero attached hydrogens (tertiary/aromatic N) is 1. The van der Waals surface area contributed by atoms with Crippen LogP contribution < -0.4 is 4.74 Å². The smallest absolute Gasteiger partial charge is 0.363 e. The Morgan fingerprint density at radius 2 is 1.72 bits per heavy atom. The molecule has 0 bridgehead atoms. The van der Waals surface area contributed by atoms with Gasteiger partial charge in [-0.2, -0.15) is 0 Å². The monoisotopic (exact) mass is 675 g/mol. The van der Waals surface area contributed by atoms with Crippen molar-refractivity contribution in [2.24, 2.45) is 4.99 Å². The minimum absolute atomic E-state index is 0.0413. The summed E-state index contributed by atoms with van der Waals surface area (Å²) < 4.78 is 13.6. The molecule has 194 valence electrons. The van der Waals surface area contributed by atoms with Crippen LogP contribution in [0.3, 0.4) is 0 Å². The lowest BCUT2D eigenvalue weighted by Gasteiger charge is -2.08. The summed E-state index contributed by atoms with van der Waals surface area (Å²) in [6.07, 6.45) is 1.50. The van der Waals surface area contributed by atoms with E-state index in [0.717, 1.165) is 20.3 Å². The second-order valence-corrected chi connectivity index (χ2v) is 12.8. The maximum Gasteiger partial charge on any atom is 0.363 e. The van der Waals surface area contributed by atoms with E-state index in [1.54, 1.807) is 36.4 Å².